The van der Waals surface area contributed by atoms with Gasteiger partial charge in [0, 0.05) is 0 Å². The molecule has 2 fully saturated rings. The van der Waals surface area contributed by atoms with Gasteiger partial charge in [-0.1, -0.05) is 0 Å². The Hall–Kier alpha value is 0.761. The Morgan fingerprint density at radius 2 is 1.95 bits per heavy atom. The molecule has 2 atom stereocenters. The van der Waals surface area contributed by atoms with E-state index < -0.39 is 7.54 Å². The monoisotopic (exact) mass is 303 g/mol. The largest absolute Gasteiger partial charge is 0.762 e. The van der Waals surface area contributed by atoms with Crippen molar-refractivity contribution in [2.45, 2.75) is 38.7 Å². The van der Waals surface area contributed by atoms with Crippen LogP contribution in [0.25, 0.3) is 0 Å². The third kappa shape index (κ3) is 6.37. The van der Waals surface area contributed by atoms with E-state index >= 15 is 0 Å². The molecule has 104 valence electrons. The predicted octanol–water partition coefficient (Wildman–Crippen LogP) is 2.85. The molecule has 2 aliphatic rings. The number of nitrogens with zero attached hydrogens (tertiary/aromatic N) is 1. The Bertz CT molecular complexity index is 338. The summed E-state index contributed by atoms with van der Waals surface area (Å²) in [5.74, 6) is 0.941. The number of ether oxygens (including phenoxy) is 1. The van der Waals surface area contributed by atoms with Gasteiger partial charge in [0.05, 0.1) is 0 Å². The van der Waals surface area contributed by atoms with Crippen molar-refractivity contribution in [3.63, 3.8) is 0 Å². The molecule has 3 nitrogen and oxygen atoms in total. The van der Waals surface area contributed by atoms with Gasteiger partial charge in [0.15, 0.2) is 0 Å². The summed E-state index contributed by atoms with van der Waals surface area (Å²) in [6.07, 6.45) is 2.45. The number of fused-ring (bicyclic) bond motifs is 1. The summed E-state index contributed by atoms with van der Waals surface area (Å²) in [7, 11) is -3.67. The first-order chi connectivity index (χ1) is 8.53. The fourth-order valence-corrected chi connectivity index (χ4v) is 4.27. The van der Waals surface area contributed by atoms with Crippen molar-refractivity contribution < 1.29 is 22.5 Å². The molecule has 1 aliphatic heterocycles. The van der Waals surface area contributed by atoms with Crippen LogP contribution < -0.4 is 0 Å². The first-order valence-electron chi connectivity index (χ1n) is 6.44. The summed E-state index contributed by atoms with van der Waals surface area (Å²) in [5.41, 5.74) is -0.361. The molecule has 0 aromatic rings. The van der Waals surface area contributed by atoms with E-state index in [9.17, 15) is 17.7 Å². The van der Waals surface area contributed by atoms with Crippen molar-refractivity contribution in [2.75, 3.05) is 13.1 Å². The average Bonchev–Trinajstić information content (AvgIpc) is 2.84. The van der Waals surface area contributed by atoms with E-state index in [0.717, 1.165) is 68.0 Å². The molecule has 2 rings (SSSR count). The van der Waals surface area contributed by atoms with E-state index in [1.807, 2.05) is 25.7 Å². The molecule has 1 amide bonds. The van der Waals surface area contributed by atoms with Gasteiger partial charge in [-0.2, -0.15) is 0 Å². The average molecular weight is 303 g/mol. The second-order valence-electron chi connectivity index (χ2n) is 6.49. The summed E-state index contributed by atoms with van der Waals surface area (Å²) in [5, 5.41) is 0. The van der Waals surface area contributed by atoms with Crippen LogP contribution in [0.1, 0.15) is 33.6 Å². The summed E-state index contributed by atoms with van der Waals surface area (Å²) in [6.45, 7) is 7.64. The van der Waals surface area contributed by atoms with Crippen LogP contribution in [0.3, 0.4) is 0 Å². The number of rotatable bonds is 0. The smallest absolute Gasteiger partial charge is 0.254 e. The minimum atomic E-state index is -3.67. The third-order valence-electron chi connectivity index (χ3n) is 3.49. The second-order valence-corrected chi connectivity index (χ2v) is 9.60. The van der Waals surface area contributed by atoms with Gasteiger partial charge in [0.2, 0.25) is 0 Å². The molecule has 0 bridgehead atoms. The van der Waals surface area contributed by atoms with Crippen molar-refractivity contribution >= 4 is 62.6 Å². The first kappa shape index (κ1) is 17.8. The third-order valence-corrected chi connectivity index (χ3v) is 5.90. The van der Waals surface area contributed by atoms with Gasteiger partial charge in [-0.15, -0.1) is 0 Å². The minimum absolute atomic E-state index is 0.114. The van der Waals surface area contributed by atoms with Crippen molar-refractivity contribution in [2.24, 2.45) is 5.92 Å². The molecule has 1 aliphatic carbocycles. The van der Waals surface area contributed by atoms with Crippen molar-refractivity contribution in [3.8, 4) is 0 Å². The molecular weight excluding hydrogens is 285 g/mol. The molecular formula is C11H18BF3KNO2. The number of carbonyl (C=O) groups is 1. The van der Waals surface area contributed by atoms with Crippen LogP contribution in [0.5, 0.6) is 0 Å². The predicted molar refractivity (Wildman–Crippen MR) is 68.1 cm³/mol. The summed E-state index contributed by atoms with van der Waals surface area (Å²) in [6, 6.07) is 0. The first-order valence-corrected chi connectivity index (χ1v) is 8.00. The van der Waals surface area contributed by atoms with E-state index in [1.54, 1.807) is 0 Å². The van der Waals surface area contributed by atoms with Gasteiger partial charge >= 0.3 is 135 Å². The standard InChI is InChI=1S/C11H18NO2.BF3.K/c1-11(2,3)14-10(13)12-5-4-8-6-9(8)7-12;2-1(3)4;/h8H,4-7H2,1-3H3;;. The summed E-state index contributed by atoms with van der Waals surface area (Å²) >= 11 is 0.839. The Morgan fingerprint density at radius 3 is 2.37 bits per heavy atom. The number of hydrogen-bond acceptors (Lipinski definition) is 2. The van der Waals surface area contributed by atoms with Gasteiger partial charge in [0.25, 0.3) is 0 Å². The van der Waals surface area contributed by atoms with Gasteiger partial charge in [-0.3, -0.25) is 12.9 Å². The number of likely N-dealkylation sites (tertiary alicyclic amines) is 1. The fourth-order valence-electron chi connectivity index (χ4n) is 2.46. The Labute approximate surface area is 146 Å². The van der Waals surface area contributed by atoms with Gasteiger partial charge in [-0.05, 0) is 0 Å². The molecule has 1 heterocycles. The van der Waals surface area contributed by atoms with E-state index in [0.29, 0.717) is -0.490 Å². The number of amides is 1. The van der Waals surface area contributed by atoms with E-state index in [1.165, 1.54) is 12.8 Å². The quantitative estimate of drug-likeness (QED) is 0.644. The van der Waals surface area contributed by atoms with Crippen LogP contribution >= 0.6 is 0 Å². The second kappa shape index (κ2) is 6.68. The molecule has 0 N–H and O–H groups in total. The van der Waals surface area contributed by atoms with Crippen LogP contribution in [0.2, 0.25) is -0.490 Å². The Balaban J connectivity index is 0.000000399. The Kier molecular flexibility index (Phi) is 6.26. The van der Waals surface area contributed by atoms with Crippen LogP contribution in [0.15, 0.2) is 0 Å². The van der Waals surface area contributed by atoms with Crippen LogP contribution in [-0.4, -0.2) is 86.2 Å². The zero-order chi connectivity index (χ0) is 14.8. The SMILES string of the molecule is CC(C)(C)OC(=O)N1CCC2C[C]2([K])C1.FB(F)F. The topological polar surface area (TPSA) is 29.5 Å². The van der Waals surface area contributed by atoms with Crippen LogP contribution in [-0.2, 0) is 4.74 Å². The molecule has 0 radical (unpaired) electrons. The fraction of sp³-hybridized carbons (Fsp3) is 0.909. The molecule has 19 heavy (non-hydrogen) atoms. The maximum atomic E-state index is 11.8. The molecule has 2 unspecified atom stereocenters. The Morgan fingerprint density at radius 1 is 1.42 bits per heavy atom. The molecule has 0 aromatic heterocycles. The molecule has 8 heteroatoms. The number of halogens is 3. The molecule has 1 saturated heterocycles. The normalized spacial score (nSPS) is 28.8. The van der Waals surface area contributed by atoms with E-state index in [-0.39, 0.29) is 11.7 Å². The summed E-state index contributed by atoms with van der Waals surface area (Å²) in [4.78, 5) is 13.8. The molecule has 0 spiro atoms. The molecule has 0 aromatic carbocycles. The van der Waals surface area contributed by atoms with Gasteiger partial charge < -0.3 is 0 Å². The summed E-state index contributed by atoms with van der Waals surface area (Å²) < 4.78 is 35.0. The zero-order valence-corrected chi connectivity index (χ0v) is 15.0. The number of piperidine rings is 1. The zero-order valence-electron chi connectivity index (χ0n) is 11.9. The van der Waals surface area contributed by atoms with E-state index in [4.69, 9.17) is 4.74 Å². The van der Waals surface area contributed by atoms with E-state index in [2.05, 4.69) is 0 Å². The van der Waals surface area contributed by atoms with Crippen molar-refractivity contribution in [1.82, 2.24) is 4.90 Å². The maximum absolute atomic E-state index is 11.8. The van der Waals surface area contributed by atoms with Gasteiger partial charge in [0.1, 0.15) is 0 Å². The van der Waals surface area contributed by atoms with Crippen LogP contribution in [0, 0.1) is 5.92 Å². The number of hydrogen-bond donors (Lipinski definition) is 0. The van der Waals surface area contributed by atoms with Crippen molar-refractivity contribution in [3.05, 3.63) is 0 Å². The van der Waals surface area contributed by atoms with Crippen molar-refractivity contribution in [1.29, 1.82) is 0 Å². The van der Waals surface area contributed by atoms with Crippen LogP contribution in [0.4, 0.5) is 17.7 Å². The number of carbonyl (C=O) groups excluding carboxylic acids is 1. The minimum Gasteiger partial charge on any atom is -0.254 e. The molecule has 1 saturated carbocycles. The maximum Gasteiger partial charge on any atom is 0.762 e. The van der Waals surface area contributed by atoms with Gasteiger partial charge in [-0.25, -0.2) is 0 Å².